The minimum Gasteiger partial charge on any atom is -0.341 e. The predicted octanol–water partition coefficient (Wildman–Crippen LogP) is 5.14. The van der Waals surface area contributed by atoms with Gasteiger partial charge in [0.05, 0.1) is 0 Å². The summed E-state index contributed by atoms with van der Waals surface area (Å²) >= 11 is 0. The molecule has 2 heterocycles. The molecule has 2 aromatic carbocycles. The number of nitrogens with one attached hydrogen (secondary N) is 2. The zero-order valence-corrected chi connectivity index (χ0v) is 17.3. The van der Waals surface area contributed by atoms with Crippen molar-refractivity contribution < 1.29 is 4.39 Å². The fourth-order valence-electron chi connectivity index (χ4n) is 3.18. The fourth-order valence-corrected chi connectivity index (χ4v) is 3.18. The second kappa shape index (κ2) is 9.05. The van der Waals surface area contributed by atoms with Crippen molar-refractivity contribution in [3.05, 3.63) is 59.4 Å². The third-order valence-corrected chi connectivity index (χ3v) is 4.86. The molecule has 0 bridgehead atoms. The highest BCUT2D eigenvalue weighted by molar-refractivity contribution is 5.85. The van der Waals surface area contributed by atoms with Crippen molar-refractivity contribution in [1.29, 1.82) is 0 Å². The number of hydrogen-bond donors (Lipinski definition) is 2. The molecule has 3 aromatic rings. The molecule has 0 radical (unpaired) electrons. The Morgan fingerprint density at radius 3 is 2.10 bits per heavy atom. The first-order chi connectivity index (χ1) is 13.6. The summed E-state index contributed by atoms with van der Waals surface area (Å²) in [7, 11) is 0. The minimum atomic E-state index is -0.313. The molecule has 0 spiro atoms. The maximum absolute atomic E-state index is 13.5. The molecular weight excluding hydrogens is 391 g/mol. The topological polar surface area (TPSA) is 66.0 Å². The van der Waals surface area contributed by atoms with Gasteiger partial charge >= 0.3 is 0 Å². The van der Waals surface area contributed by atoms with Gasteiger partial charge in [-0.25, -0.2) is 4.39 Å². The number of rotatable bonds is 5. The molecule has 0 aliphatic carbocycles. The quantitative estimate of drug-likeness (QED) is 0.602. The molecule has 1 aromatic heterocycles. The molecule has 0 amide bonds. The summed E-state index contributed by atoms with van der Waals surface area (Å²) in [5.74, 6) is 1.15. The second-order valence-electron chi connectivity index (χ2n) is 7.04. The zero-order valence-electron chi connectivity index (χ0n) is 16.4. The Morgan fingerprint density at radius 1 is 0.828 bits per heavy atom. The van der Waals surface area contributed by atoms with Crippen LogP contribution in [-0.2, 0) is 0 Å². The Balaban J connectivity index is 0.00000240. The molecule has 1 aliphatic rings. The lowest BCUT2D eigenvalue weighted by atomic mass is 10.1. The van der Waals surface area contributed by atoms with Crippen molar-refractivity contribution in [2.45, 2.75) is 26.7 Å². The number of anilines is 5. The molecule has 1 saturated heterocycles. The summed E-state index contributed by atoms with van der Waals surface area (Å²) < 4.78 is 13.5. The Hall–Kier alpha value is -2.93. The zero-order chi connectivity index (χ0) is 19.5. The van der Waals surface area contributed by atoms with Crippen LogP contribution in [0, 0.1) is 19.7 Å². The lowest BCUT2D eigenvalue weighted by Crippen LogP contribution is -2.21. The van der Waals surface area contributed by atoms with Crippen LogP contribution < -0.4 is 15.5 Å². The fraction of sp³-hybridized carbons (Fsp3) is 0.286. The van der Waals surface area contributed by atoms with E-state index in [1.54, 1.807) is 12.1 Å². The summed E-state index contributed by atoms with van der Waals surface area (Å²) in [5, 5.41) is 6.36. The number of hydrogen-bond acceptors (Lipinski definition) is 6. The highest BCUT2D eigenvalue weighted by Gasteiger charge is 2.18. The van der Waals surface area contributed by atoms with Gasteiger partial charge in [-0.3, -0.25) is 0 Å². The molecule has 0 unspecified atom stereocenters. The smallest absolute Gasteiger partial charge is 0.233 e. The van der Waals surface area contributed by atoms with Crippen molar-refractivity contribution in [1.82, 2.24) is 15.0 Å². The number of nitrogens with zero attached hydrogens (tertiary/aromatic N) is 4. The average Bonchev–Trinajstić information content (AvgIpc) is 3.19. The van der Waals surface area contributed by atoms with Crippen LogP contribution in [0.25, 0.3) is 0 Å². The largest absolute Gasteiger partial charge is 0.341 e. The molecule has 4 rings (SSSR count). The van der Waals surface area contributed by atoms with Crippen molar-refractivity contribution in [3.63, 3.8) is 0 Å². The molecule has 1 aliphatic heterocycles. The summed E-state index contributed by atoms with van der Waals surface area (Å²) in [6.07, 6.45) is 2.25. The highest BCUT2D eigenvalue weighted by Crippen LogP contribution is 2.23. The molecule has 1 fully saturated rings. The van der Waals surface area contributed by atoms with Crippen LogP contribution in [0.15, 0.2) is 42.5 Å². The first-order valence-electron chi connectivity index (χ1n) is 9.45. The van der Waals surface area contributed by atoms with E-state index < -0.39 is 0 Å². The maximum Gasteiger partial charge on any atom is 0.233 e. The lowest BCUT2D eigenvalue weighted by Gasteiger charge is -2.17. The molecule has 29 heavy (non-hydrogen) atoms. The Kier molecular flexibility index (Phi) is 6.49. The highest BCUT2D eigenvalue weighted by atomic mass is 35.5. The molecular formula is C21H24ClFN6. The van der Waals surface area contributed by atoms with Gasteiger partial charge in [0, 0.05) is 24.5 Å². The standard InChI is InChI=1S/C21H23FN6.ClH/c1-14-8-9-18(12-15(14)2)24-20-25-19(23-17-7-5-6-16(22)13-17)26-21(27-20)28-10-3-4-11-28;/h5-9,12-13H,3-4,10-11H2,1-2H3,(H2,23,24,25,26,27);1H. The van der Waals surface area contributed by atoms with E-state index in [4.69, 9.17) is 0 Å². The van der Waals surface area contributed by atoms with E-state index in [1.165, 1.54) is 23.3 Å². The average molecular weight is 415 g/mol. The van der Waals surface area contributed by atoms with Gasteiger partial charge in [-0.05, 0) is 68.1 Å². The maximum atomic E-state index is 13.5. The normalized spacial score (nSPS) is 13.1. The molecule has 8 heteroatoms. The van der Waals surface area contributed by atoms with E-state index in [2.05, 4.69) is 56.5 Å². The van der Waals surface area contributed by atoms with Crippen molar-refractivity contribution >= 4 is 41.6 Å². The van der Waals surface area contributed by atoms with Gasteiger partial charge in [-0.15, -0.1) is 12.4 Å². The van der Waals surface area contributed by atoms with Crippen LogP contribution in [0.2, 0.25) is 0 Å². The van der Waals surface area contributed by atoms with Crippen LogP contribution in [0.1, 0.15) is 24.0 Å². The van der Waals surface area contributed by atoms with E-state index in [0.717, 1.165) is 31.6 Å². The minimum absolute atomic E-state index is 0. The molecule has 6 nitrogen and oxygen atoms in total. The summed E-state index contributed by atoms with van der Waals surface area (Å²) in [5.41, 5.74) is 3.93. The van der Waals surface area contributed by atoms with Gasteiger partial charge in [0.15, 0.2) is 0 Å². The molecule has 152 valence electrons. The second-order valence-corrected chi connectivity index (χ2v) is 7.04. The van der Waals surface area contributed by atoms with Gasteiger partial charge in [0.1, 0.15) is 5.82 Å². The van der Waals surface area contributed by atoms with E-state index in [9.17, 15) is 4.39 Å². The van der Waals surface area contributed by atoms with Crippen LogP contribution in [0.3, 0.4) is 0 Å². The number of benzene rings is 2. The lowest BCUT2D eigenvalue weighted by molar-refractivity contribution is 0.628. The predicted molar refractivity (Wildman–Crippen MR) is 117 cm³/mol. The number of aromatic nitrogens is 3. The third-order valence-electron chi connectivity index (χ3n) is 4.86. The van der Waals surface area contributed by atoms with E-state index >= 15 is 0 Å². The van der Waals surface area contributed by atoms with Gasteiger partial charge < -0.3 is 15.5 Å². The SMILES string of the molecule is Cc1ccc(Nc2nc(Nc3cccc(F)c3)nc(N3CCCC3)n2)cc1C.Cl. The molecule has 2 N–H and O–H groups in total. The first-order valence-corrected chi connectivity index (χ1v) is 9.45. The van der Waals surface area contributed by atoms with Crippen molar-refractivity contribution in [3.8, 4) is 0 Å². The van der Waals surface area contributed by atoms with Crippen molar-refractivity contribution in [2.75, 3.05) is 28.6 Å². The third kappa shape index (κ3) is 5.12. The number of halogens is 2. The van der Waals surface area contributed by atoms with E-state index in [0.29, 0.717) is 23.5 Å². The van der Waals surface area contributed by atoms with E-state index in [-0.39, 0.29) is 18.2 Å². The Labute approximate surface area is 176 Å². The molecule has 0 saturated carbocycles. The van der Waals surface area contributed by atoms with Crippen LogP contribution in [-0.4, -0.2) is 28.0 Å². The van der Waals surface area contributed by atoms with Gasteiger partial charge in [0.25, 0.3) is 0 Å². The Morgan fingerprint density at radius 2 is 1.48 bits per heavy atom. The van der Waals surface area contributed by atoms with Crippen LogP contribution >= 0.6 is 12.4 Å². The van der Waals surface area contributed by atoms with Crippen molar-refractivity contribution in [2.24, 2.45) is 0 Å². The number of aryl methyl sites for hydroxylation is 2. The Bertz CT molecular complexity index is 991. The van der Waals surface area contributed by atoms with Gasteiger partial charge in [-0.1, -0.05) is 12.1 Å². The summed E-state index contributed by atoms with van der Waals surface area (Å²) in [6.45, 7) is 5.99. The monoisotopic (exact) mass is 414 g/mol. The van der Waals surface area contributed by atoms with Crippen LogP contribution in [0.5, 0.6) is 0 Å². The summed E-state index contributed by atoms with van der Waals surface area (Å²) in [4.78, 5) is 15.8. The van der Waals surface area contributed by atoms with E-state index in [1.807, 2.05) is 6.07 Å². The van der Waals surface area contributed by atoms with Crippen LogP contribution in [0.4, 0.5) is 33.6 Å². The van der Waals surface area contributed by atoms with Gasteiger partial charge in [0.2, 0.25) is 17.8 Å². The van der Waals surface area contributed by atoms with Gasteiger partial charge in [-0.2, -0.15) is 15.0 Å². The molecule has 0 atom stereocenters. The first kappa shape index (κ1) is 20.8. The summed E-state index contributed by atoms with van der Waals surface area (Å²) in [6, 6.07) is 12.4.